The fourth-order valence-electron chi connectivity index (χ4n) is 11.2. The molecular weight excluding hydrogens is 870 g/mol. The highest BCUT2D eigenvalue weighted by atomic mass is 15.2. The fourth-order valence-corrected chi connectivity index (χ4v) is 11.2. The van der Waals surface area contributed by atoms with E-state index in [2.05, 4.69) is 311 Å². The van der Waals surface area contributed by atoms with Crippen molar-refractivity contribution in [3.05, 3.63) is 291 Å². The smallest absolute Gasteiger partial charge is 0.246 e. The van der Waals surface area contributed by atoms with Crippen molar-refractivity contribution >= 4 is 114 Å². The Morgan fingerprint density at radius 1 is 0.222 bits per heavy atom. The summed E-state index contributed by atoms with van der Waals surface area (Å²) in [6.07, 6.45) is 0. The van der Waals surface area contributed by atoms with Crippen molar-refractivity contribution < 1.29 is 0 Å². The summed E-state index contributed by atoms with van der Waals surface area (Å²) in [5, 5.41) is 0. The maximum atomic E-state index is 2.56. The third-order valence-electron chi connectivity index (χ3n) is 14.3. The van der Waals surface area contributed by atoms with Gasteiger partial charge in [0.2, 0.25) is 13.4 Å². The van der Waals surface area contributed by atoms with Crippen molar-refractivity contribution in [1.29, 1.82) is 0 Å². The van der Waals surface area contributed by atoms with Crippen molar-refractivity contribution in [2.75, 3.05) is 19.6 Å². The van der Waals surface area contributed by atoms with E-state index >= 15 is 0 Å². The highest BCUT2D eigenvalue weighted by Gasteiger charge is 2.42. The molecule has 0 atom stereocenters. The van der Waals surface area contributed by atoms with Crippen LogP contribution in [0.25, 0.3) is 0 Å². The summed E-state index contributed by atoms with van der Waals surface area (Å²) in [5.41, 5.74) is 20.9. The Kier molecular flexibility index (Phi) is 11.1. The predicted octanol–water partition coefficient (Wildman–Crippen LogP) is 13.2. The summed E-state index contributed by atoms with van der Waals surface area (Å²) in [6.45, 7) is -0.202. The maximum absolute atomic E-state index is 2.56. The van der Waals surface area contributed by atoms with Gasteiger partial charge in [0.15, 0.2) is 0 Å². The molecule has 72 heavy (non-hydrogen) atoms. The molecule has 0 spiro atoms. The molecule has 2 aliphatic rings. The zero-order chi connectivity index (χ0) is 47.8. The number of hydrogen-bond acceptors (Lipinski definition) is 4. The molecule has 0 amide bonds. The zero-order valence-corrected chi connectivity index (χ0v) is 39.7. The number of hydrogen-bond donors (Lipinski definition) is 0. The van der Waals surface area contributed by atoms with Gasteiger partial charge in [0, 0.05) is 68.2 Å². The molecule has 338 valence electrons. The molecule has 11 aromatic carbocycles. The van der Waals surface area contributed by atoms with E-state index in [1.165, 1.54) is 32.8 Å². The number of anilines is 12. The fraction of sp³-hybridized carbons (Fsp3) is 0. The van der Waals surface area contributed by atoms with Crippen molar-refractivity contribution in [2.24, 2.45) is 0 Å². The molecule has 0 aliphatic carbocycles. The summed E-state index contributed by atoms with van der Waals surface area (Å²) in [5.74, 6) is 0. The summed E-state index contributed by atoms with van der Waals surface area (Å²) >= 11 is 0. The molecule has 0 N–H and O–H groups in total. The van der Waals surface area contributed by atoms with Crippen LogP contribution in [0.2, 0.25) is 0 Å². The molecule has 6 heteroatoms. The first-order valence-electron chi connectivity index (χ1n) is 24.8. The van der Waals surface area contributed by atoms with E-state index in [1.54, 1.807) is 0 Å². The minimum absolute atomic E-state index is 0.101. The molecule has 0 radical (unpaired) electrons. The molecule has 0 fully saturated rings. The van der Waals surface area contributed by atoms with Gasteiger partial charge >= 0.3 is 0 Å². The Labute approximate surface area is 423 Å². The summed E-state index contributed by atoms with van der Waals surface area (Å²) in [4.78, 5) is 9.76. The summed E-state index contributed by atoms with van der Waals surface area (Å²) in [6, 6.07) is 106. The van der Waals surface area contributed by atoms with Gasteiger partial charge in [0.1, 0.15) is 0 Å². The molecular formula is C66H48B2N4. The van der Waals surface area contributed by atoms with E-state index in [1.807, 2.05) is 0 Å². The van der Waals surface area contributed by atoms with Gasteiger partial charge in [0.25, 0.3) is 0 Å². The molecule has 13 rings (SSSR count). The minimum atomic E-state index is -0.101. The lowest BCUT2D eigenvalue weighted by Gasteiger charge is -2.42. The number of para-hydroxylation sites is 6. The van der Waals surface area contributed by atoms with Gasteiger partial charge in [-0.25, -0.2) is 0 Å². The zero-order valence-electron chi connectivity index (χ0n) is 39.7. The van der Waals surface area contributed by atoms with Crippen LogP contribution in [0, 0.1) is 0 Å². The van der Waals surface area contributed by atoms with Crippen LogP contribution in [0.4, 0.5) is 68.2 Å². The first-order valence-corrected chi connectivity index (χ1v) is 24.8. The van der Waals surface area contributed by atoms with Gasteiger partial charge in [-0.3, -0.25) is 0 Å². The van der Waals surface area contributed by atoms with Gasteiger partial charge in [0.05, 0.1) is 0 Å². The normalized spacial score (nSPS) is 12.3. The molecule has 0 unspecified atom stereocenters. The summed E-state index contributed by atoms with van der Waals surface area (Å²) in [7, 11) is 0. The van der Waals surface area contributed by atoms with Gasteiger partial charge < -0.3 is 19.6 Å². The average molecular weight is 919 g/mol. The lowest BCUT2D eigenvalue weighted by molar-refractivity contribution is 1.24. The molecule has 0 bridgehead atoms. The first kappa shape index (κ1) is 42.8. The molecule has 0 saturated carbocycles. The Morgan fingerprint density at radius 2 is 0.500 bits per heavy atom. The van der Waals surface area contributed by atoms with Crippen molar-refractivity contribution in [3.63, 3.8) is 0 Å². The van der Waals surface area contributed by atoms with E-state index in [4.69, 9.17) is 0 Å². The summed E-state index contributed by atoms with van der Waals surface area (Å²) < 4.78 is 0. The lowest BCUT2D eigenvalue weighted by Crippen LogP contribution is -2.62. The Morgan fingerprint density at radius 3 is 0.819 bits per heavy atom. The number of rotatable bonds is 10. The van der Waals surface area contributed by atoms with Crippen LogP contribution in [0.15, 0.2) is 291 Å². The largest absolute Gasteiger partial charge is 0.311 e. The van der Waals surface area contributed by atoms with Crippen molar-refractivity contribution in [3.8, 4) is 0 Å². The van der Waals surface area contributed by atoms with Crippen LogP contribution in [0.1, 0.15) is 0 Å². The lowest BCUT2D eigenvalue weighted by atomic mass is 9.31. The van der Waals surface area contributed by atoms with E-state index in [0.717, 1.165) is 68.2 Å². The van der Waals surface area contributed by atoms with Crippen LogP contribution in [-0.2, 0) is 0 Å². The van der Waals surface area contributed by atoms with E-state index < -0.39 is 0 Å². The molecule has 2 aliphatic heterocycles. The van der Waals surface area contributed by atoms with Crippen LogP contribution < -0.4 is 52.4 Å². The second-order valence-electron chi connectivity index (χ2n) is 18.5. The predicted molar refractivity (Wildman–Crippen MR) is 307 cm³/mol. The maximum Gasteiger partial charge on any atom is 0.246 e. The molecule has 0 aromatic heterocycles. The van der Waals surface area contributed by atoms with Gasteiger partial charge in [-0.15, -0.1) is 0 Å². The third kappa shape index (κ3) is 7.62. The Bertz CT molecular complexity index is 3320. The van der Waals surface area contributed by atoms with Crippen molar-refractivity contribution in [2.45, 2.75) is 0 Å². The van der Waals surface area contributed by atoms with Gasteiger partial charge in [-0.2, -0.15) is 0 Å². The number of benzene rings is 11. The van der Waals surface area contributed by atoms with Crippen LogP contribution in [-0.4, -0.2) is 13.4 Å². The standard InChI is InChI=1S/C66H48B2N4/c1-9-25-49(26-10-1)67-59-45-57(69(51-29-13-3-14-30-51)52-31-15-4-16-32-52)41-43-63(59)71(55-37-21-7-22-38-55)65-48-66-62(47-61(65)67)68(50-27-11-2-12-28-50)60-46-58(42-44-64(60)72(66)56-39-23-8-24-40-56)70(53-33-17-5-18-34-53)54-35-19-6-20-36-54/h1-48H. The van der Waals surface area contributed by atoms with E-state index in [-0.39, 0.29) is 13.4 Å². The average Bonchev–Trinajstić information content (AvgIpc) is 3.45. The quantitative estimate of drug-likeness (QED) is 0.127. The molecule has 4 nitrogen and oxygen atoms in total. The highest BCUT2D eigenvalue weighted by molar-refractivity contribution is 7.01. The second-order valence-corrected chi connectivity index (χ2v) is 18.5. The monoisotopic (exact) mass is 918 g/mol. The van der Waals surface area contributed by atoms with E-state index in [0.29, 0.717) is 0 Å². The van der Waals surface area contributed by atoms with E-state index in [9.17, 15) is 0 Å². The topological polar surface area (TPSA) is 13.0 Å². The molecule has 2 heterocycles. The number of nitrogens with zero attached hydrogens (tertiary/aromatic N) is 4. The van der Waals surface area contributed by atoms with Crippen molar-refractivity contribution in [1.82, 2.24) is 0 Å². The Balaban J connectivity index is 1.09. The van der Waals surface area contributed by atoms with Crippen LogP contribution in [0.5, 0.6) is 0 Å². The molecule has 0 saturated heterocycles. The van der Waals surface area contributed by atoms with Gasteiger partial charge in [-0.05, 0) is 137 Å². The first-order chi connectivity index (χ1) is 35.8. The van der Waals surface area contributed by atoms with Crippen LogP contribution in [0.3, 0.4) is 0 Å². The highest BCUT2D eigenvalue weighted by Crippen LogP contribution is 2.45. The van der Waals surface area contributed by atoms with Crippen LogP contribution >= 0.6 is 0 Å². The number of fused-ring (bicyclic) bond motifs is 4. The third-order valence-corrected chi connectivity index (χ3v) is 14.3. The second kappa shape index (κ2) is 18.6. The van der Waals surface area contributed by atoms with Gasteiger partial charge in [-0.1, -0.05) is 187 Å². The minimum Gasteiger partial charge on any atom is -0.311 e. The SMILES string of the molecule is c1ccc(B2c3cc(N(c4ccccc4)c4ccccc4)ccc3N(c3ccccc3)c3cc4c(cc32)B(c2ccccc2)c2cc(N(c3ccccc3)c3ccccc3)ccc2N4c2ccccc2)cc1. The Hall–Kier alpha value is -9.25. The molecule has 11 aromatic rings.